The molecular formula is C13H13NO3S. The van der Waals surface area contributed by atoms with Crippen molar-refractivity contribution in [3.63, 3.8) is 0 Å². The van der Waals surface area contributed by atoms with Crippen molar-refractivity contribution in [2.75, 3.05) is 7.11 Å². The Bertz CT molecular complexity index is 551. The predicted molar refractivity (Wildman–Crippen MR) is 69.3 cm³/mol. The first-order valence-electron chi connectivity index (χ1n) is 5.45. The van der Waals surface area contributed by atoms with Crippen LogP contribution in [0.3, 0.4) is 0 Å². The van der Waals surface area contributed by atoms with Crippen molar-refractivity contribution in [1.82, 2.24) is 4.98 Å². The number of carboxylic acid groups (broad SMARTS) is 1. The fraction of sp³-hybridized carbons (Fsp3) is 0.231. The topological polar surface area (TPSA) is 59.4 Å². The minimum absolute atomic E-state index is 0.0111. The lowest BCUT2D eigenvalue weighted by atomic mass is 10.1. The molecule has 0 aliphatic heterocycles. The molecule has 2 aromatic rings. The number of benzene rings is 1. The van der Waals surface area contributed by atoms with E-state index in [2.05, 4.69) is 4.98 Å². The zero-order valence-electron chi connectivity index (χ0n) is 9.92. The molecule has 1 aromatic carbocycles. The van der Waals surface area contributed by atoms with Crippen LogP contribution in [0.4, 0.5) is 0 Å². The average Bonchev–Trinajstić information content (AvgIpc) is 2.76. The minimum Gasteiger partial charge on any atom is -0.497 e. The van der Waals surface area contributed by atoms with Crippen LogP contribution < -0.4 is 4.74 Å². The summed E-state index contributed by atoms with van der Waals surface area (Å²) >= 11 is 1.38. The third-order valence-electron chi connectivity index (χ3n) is 2.42. The maximum absolute atomic E-state index is 10.6. The van der Waals surface area contributed by atoms with E-state index in [1.165, 1.54) is 11.3 Å². The highest BCUT2D eigenvalue weighted by Crippen LogP contribution is 2.18. The fourth-order valence-electron chi connectivity index (χ4n) is 1.63. The zero-order chi connectivity index (χ0) is 13.0. The van der Waals surface area contributed by atoms with Crippen LogP contribution >= 0.6 is 11.3 Å². The molecular weight excluding hydrogens is 250 g/mol. The second kappa shape index (κ2) is 5.64. The van der Waals surface area contributed by atoms with Crippen LogP contribution in [0.1, 0.15) is 16.3 Å². The van der Waals surface area contributed by atoms with Gasteiger partial charge in [0, 0.05) is 11.8 Å². The van der Waals surface area contributed by atoms with Gasteiger partial charge < -0.3 is 9.84 Å². The summed E-state index contributed by atoms with van der Waals surface area (Å²) in [6.45, 7) is 0. The molecule has 5 heteroatoms. The Hall–Kier alpha value is -1.88. The molecule has 0 saturated heterocycles. The Morgan fingerprint density at radius 2 is 2.33 bits per heavy atom. The van der Waals surface area contributed by atoms with Gasteiger partial charge in [0.1, 0.15) is 10.8 Å². The Morgan fingerprint density at radius 3 is 3.06 bits per heavy atom. The second-order valence-corrected chi connectivity index (χ2v) is 4.77. The van der Waals surface area contributed by atoms with Crippen molar-refractivity contribution in [3.05, 3.63) is 45.9 Å². The van der Waals surface area contributed by atoms with Crippen molar-refractivity contribution < 1.29 is 14.6 Å². The molecule has 0 aliphatic carbocycles. The first-order chi connectivity index (χ1) is 8.67. The van der Waals surface area contributed by atoms with Crippen LogP contribution in [0, 0.1) is 0 Å². The van der Waals surface area contributed by atoms with Crippen molar-refractivity contribution >= 4 is 17.3 Å². The lowest BCUT2D eigenvalue weighted by molar-refractivity contribution is -0.136. The van der Waals surface area contributed by atoms with Crippen molar-refractivity contribution in [1.29, 1.82) is 0 Å². The van der Waals surface area contributed by atoms with E-state index >= 15 is 0 Å². The lowest BCUT2D eigenvalue weighted by Gasteiger charge is -2.02. The monoisotopic (exact) mass is 263 g/mol. The minimum atomic E-state index is -0.850. The molecule has 0 unspecified atom stereocenters. The van der Waals surface area contributed by atoms with E-state index in [9.17, 15) is 4.79 Å². The number of nitrogens with zero attached hydrogens (tertiary/aromatic N) is 1. The van der Waals surface area contributed by atoms with Crippen molar-refractivity contribution in [3.8, 4) is 5.75 Å². The third kappa shape index (κ3) is 3.30. The highest BCUT2D eigenvalue weighted by molar-refractivity contribution is 7.09. The summed E-state index contributed by atoms with van der Waals surface area (Å²) < 4.78 is 5.15. The largest absolute Gasteiger partial charge is 0.497 e. The Labute approximate surface area is 109 Å². The van der Waals surface area contributed by atoms with E-state index in [1.54, 1.807) is 7.11 Å². The number of thiazole rings is 1. The van der Waals surface area contributed by atoms with E-state index in [1.807, 2.05) is 29.6 Å². The molecule has 0 radical (unpaired) electrons. The number of hydrogen-bond acceptors (Lipinski definition) is 4. The summed E-state index contributed by atoms with van der Waals surface area (Å²) in [6, 6.07) is 7.77. The number of hydrogen-bond donors (Lipinski definition) is 1. The van der Waals surface area contributed by atoms with Gasteiger partial charge in [0.25, 0.3) is 0 Å². The first-order valence-corrected chi connectivity index (χ1v) is 6.33. The molecule has 1 N–H and O–H groups in total. The zero-order valence-corrected chi connectivity index (χ0v) is 10.7. The molecule has 0 saturated carbocycles. The molecule has 2 rings (SSSR count). The summed E-state index contributed by atoms with van der Waals surface area (Å²) in [5.74, 6) is -0.0363. The Kier molecular flexibility index (Phi) is 3.94. The van der Waals surface area contributed by atoms with Gasteiger partial charge in [0.15, 0.2) is 0 Å². The third-order valence-corrected chi connectivity index (χ3v) is 3.32. The van der Waals surface area contributed by atoms with Crippen LogP contribution in [0.25, 0.3) is 0 Å². The van der Waals surface area contributed by atoms with E-state index in [0.29, 0.717) is 11.4 Å². The van der Waals surface area contributed by atoms with E-state index in [0.717, 1.165) is 17.0 Å². The van der Waals surface area contributed by atoms with Crippen LogP contribution in [0.15, 0.2) is 29.6 Å². The Balaban J connectivity index is 2.08. The number of rotatable bonds is 5. The molecule has 94 valence electrons. The van der Waals surface area contributed by atoms with E-state index < -0.39 is 5.97 Å². The summed E-state index contributed by atoms with van der Waals surface area (Å²) in [5, 5.41) is 11.2. The molecule has 4 nitrogen and oxygen atoms in total. The van der Waals surface area contributed by atoms with Gasteiger partial charge in [-0.3, -0.25) is 4.79 Å². The van der Waals surface area contributed by atoms with Gasteiger partial charge in [-0.25, -0.2) is 4.98 Å². The van der Waals surface area contributed by atoms with Gasteiger partial charge >= 0.3 is 5.97 Å². The summed E-state index contributed by atoms with van der Waals surface area (Å²) in [4.78, 5) is 14.9. The maximum atomic E-state index is 10.6. The molecule has 1 aromatic heterocycles. The predicted octanol–water partition coefficient (Wildman–Crippen LogP) is 2.37. The number of ether oxygens (including phenoxy) is 1. The van der Waals surface area contributed by atoms with Gasteiger partial charge in [0.2, 0.25) is 0 Å². The van der Waals surface area contributed by atoms with Crippen LogP contribution in [0.5, 0.6) is 5.75 Å². The Morgan fingerprint density at radius 1 is 1.50 bits per heavy atom. The number of carboxylic acids is 1. The molecule has 18 heavy (non-hydrogen) atoms. The molecule has 0 fully saturated rings. The SMILES string of the molecule is COc1cccc(Cc2csc(CC(=O)O)n2)c1. The number of aromatic nitrogens is 1. The van der Waals surface area contributed by atoms with Gasteiger partial charge in [-0.1, -0.05) is 12.1 Å². The van der Waals surface area contributed by atoms with Gasteiger partial charge in [-0.05, 0) is 17.7 Å². The highest BCUT2D eigenvalue weighted by atomic mass is 32.1. The summed E-state index contributed by atoms with van der Waals surface area (Å²) in [5.41, 5.74) is 1.99. The van der Waals surface area contributed by atoms with E-state index in [4.69, 9.17) is 9.84 Å². The van der Waals surface area contributed by atoms with E-state index in [-0.39, 0.29) is 6.42 Å². The quantitative estimate of drug-likeness (QED) is 0.899. The number of methoxy groups -OCH3 is 1. The average molecular weight is 263 g/mol. The van der Waals surface area contributed by atoms with Crippen molar-refractivity contribution in [2.24, 2.45) is 0 Å². The fourth-order valence-corrected chi connectivity index (χ4v) is 2.42. The molecule has 0 bridgehead atoms. The van der Waals surface area contributed by atoms with Crippen LogP contribution in [-0.2, 0) is 17.6 Å². The van der Waals surface area contributed by atoms with Crippen LogP contribution in [-0.4, -0.2) is 23.2 Å². The number of carbonyl (C=O) groups is 1. The lowest BCUT2D eigenvalue weighted by Crippen LogP contribution is -1.99. The molecule has 0 spiro atoms. The summed E-state index contributed by atoms with van der Waals surface area (Å²) in [7, 11) is 1.63. The maximum Gasteiger partial charge on any atom is 0.310 e. The molecule has 0 aliphatic rings. The van der Waals surface area contributed by atoms with Crippen LogP contribution in [0.2, 0.25) is 0 Å². The second-order valence-electron chi connectivity index (χ2n) is 3.83. The first kappa shape index (κ1) is 12.6. The van der Waals surface area contributed by atoms with Gasteiger partial charge in [-0.2, -0.15) is 0 Å². The normalized spacial score (nSPS) is 10.3. The number of aliphatic carboxylic acids is 1. The highest BCUT2D eigenvalue weighted by Gasteiger charge is 2.07. The smallest absolute Gasteiger partial charge is 0.310 e. The molecule has 0 atom stereocenters. The van der Waals surface area contributed by atoms with Gasteiger partial charge in [0.05, 0.1) is 19.2 Å². The molecule has 1 heterocycles. The summed E-state index contributed by atoms with van der Waals surface area (Å²) in [6.07, 6.45) is 0.677. The van der Waals surface area contributed by atoms with Gasteiger partial charge in [-0.15, -0.1) is 11.3 Å². The standard InChI is InChI=1S/C13H13NO3S/c1-17-11-4-2-3-9(6-11)5-10-8-18-12(14-10)7-13(15)16/h2-4,6,8H,5,7H2,1H3,(H,15,16). The molecule has 0 amide bonds. The van der Waals surface area contributed by atoms with Crippen molar-refractivity contribution in [2.45, 2.75) is 12.8 Å².